The minimum Gasteiger partial charge on any atom is -0.325 e. The average molecular weight is 349 g/mol. The van der Waals surface area contributed by atoms with Gasteiger partial charge in [0.15, 0.2) is 0 Å². The third-order valence-corrected chi connectivity index (χ3v) is 5.74. The summed E-state index contributed by atoms with van der Waals surface area (Å²) >= 11 is 5.96. The molecule has 1 heterocycles. The van der Waals surface area contributed by atoms with Crippen LogP contribution in [0.25, 0.3) is 0 Å². The second-order valence-corrected chi connectivity index (χ2v) is 7.58. The fourth-order valence-electron chi connectivity index (χ4n) is 2.43. The normalized spacial score (nSPS) is 17.0. The lowest BCUT2D eigenvalue weighted by atomic mass is 10.2. The van der Waals surface area contributed by atoms with Crippen LogP contribution < -0.4 is 5.32 Å². The third kappa shape index (κ3) is 3.77. The summed E-state index contributed by atoms with van der Waals surface area (Å²) in [4.78, 5) is 10.6. The van der Waals surface area contributed by atoms with E-state index in [0.717, 1.165) is 37.8 Å². The highest BCUT2D eigenvalue weighted by molar-refractivity contribution is 7.89. The molecule has 1 aromatic rings. The van der Waals surface area contributed by atoms with Crippen LogP contribution >= 0.6 is 11.6 Å². The van der Waals surface area contributed by atoms with Gasteiger partial charge in [0, 0.05) is 26.1 Å². The molecule has 0 unspecified atom stereocenters. The number of amides is 1. The number of halogens is 2. The summed E-state index contributed by atoms with van der Waals surface area (Å²) in [6.45, 7) is 2.02. The zero-order valence-corrected chi connectivity index (χ0v) is 13.8. The lowest BCUT2D eigenvalue weighted by molar-refractivity contribution is -0.114. The number of anilines is 1. The first kappa shape index (κ1) is 17.2. The highest BCUT2D eigenvalue weighted by Gasteiger charge is 2.29. The van der Waals surface area contributed by atoms with E-state index in [1.807, 2.05) is 0 Å². The number of benzene rings is 1. The maximum Gasteiger partial charge on any atom is 0.246 e. The Bertz CT molecular complexity index is 671. The van der Waals surface area contributed by atoms with Crippen LogP contribution in [0.4, 0.5) is 10.1 Å². The number of nitrogens with one attached hydrogen (secondary N) is 1. The molecule has 8 heteroatoms. The fraction of sp³-hybridized carbons (Fsp3) is 0.500. The smallest absolute Gasteiger partial charge is 0.246 e. The molecule has 122 valence electrons. The first-order valence-corrected chi connectivity index (χ1v) is 8.91. The number of sulfonamides is 1. The van der Waals surface area contributed by atoms with Gasteiger partial charge < -0.3 is 5.32 Å². The van der Waals surface area contributed by atoms with Crippen LogP contribution in [0.2, 0.25) is 5.02 Å². The van der Waals surface area contributed by atoms with Gasteiger partial charge in [0.05, 0.1) is 10.7 Å². The SMILES string of the molecule is CC(=O)Nc1cc(F)c(S(=O)(=O)N2CCCCCC2)cc1Cl. The van der Waals surface area contributed by atoms with Crippen molar-refractivity contribution in [3.63, 3.8) is 0 Å². The molecule has 1 aliphatic heterocycles. The summed E-state index contributed by atoms with van der Waals surface area (Å²) in [6.07, 6.45) is 3.46. The van der Waals surface area contributed by atoms with Gasteiger partial charge in [0.2, 0.25) is 15.9 Å². The van der Waals surface area contributed by atoms with Gasteiger partial charge in [0.1, 0.15) is 10.7 Å². The van der Waals surface area contributed by atoms with Gasteiger partial charge in [-0.2, -0.15) is 4.31 Å². The predicted molar refractivity (Wildman–Crippen MR) is 82.9 cm³/mol. The van der Waals surface area contributed by atoms with Crippen LogP contribution in [-0.2, 0) is 14.8 Å². The number of carbonyl (C=O) groups is 1. The molecule has 0 saturated carbocycles. The number of hydrogen-bond donors (Lipinski definition) is 1. The standard InChI is InChI=1S/C14H18ClFN2O3S/c1-10(19)17-13-9-12(16)14(8-11(13)15)22(20,21)18-6-4-2-3-5-7-18/h8-9H,2-7H2,1H3,(H,17,19). The van der Waals surface area contributed by atoms with Crippen LogP contribution in [0.15, 0.2) is 17.0 Å². The summed E-state index contributed by atoms with van der Waals surface area (Å²) < 4.78 is 40.7. The molecule has 0 spiro atoms. The third-order valence-electron chi connectivity index (χ3n) is 3.52. The van der Waals surface area contributed by atoms with E-state index in [1.165, 1.54) is 11.2 Å². The first-order chi connectivity index (χ1) is 10.3. The lowest BCUT2D eigenvalue weighted by Crippen LogP contribution is -2.32. The lowest BCUT2D eigenvalue weighted by Gasteiger charge is -2.20. The van der Waals surface area contributed by atoms with Gasteiger partial charge in [-0.1, -0.05) is 24.4 Å². The van der Waals surface area contributed by atoms with Gasteiger partial charge in [-0.15, -0.1) is 0 Å². The van der Waals surface area contributed by atoms with Crippen molar-refractivity contribution in [2.24, 2.45) is 0 Å². The highest BCUT2D eigenvalue weighted by atomic mass is 35.5. The maximum atomic E-state index is 14.2. The summed E-state index contributed by atoms with van der Waals surface area (Å²) in [5, 5.41) is 2.35. The molecule has 22 heavy (non-hydrogen) atoms. The Hall–Kier alpha value is -1.18. The number of nitrogens with zero attached hydrogens (tertiary/aromatic N) is 1. The Labute approximate surface area is 134 Å². The molecule has 1 amide bonds. The van der Waals surface area contributed by atoms with Crippen molar-refractivity contribution < 1.29 is 17.6 Å². The van der Waals surface area contributed by atoms with Crippen molar-refractivity contribution in [3.05, 3.63) is 23.0 Å². The van der Waals surface area contributed by atoms with Crippen LogP contribution in [0.1, 0.15) is 32.6 Å². The van der Waals surface area contributed by atoms with Crippen LogP contribution in [0.5, 0.6) is 0 Å². The second kappa shape index (κ2) is 6.93. The zero-order chi connectivity index (χ0) is 16.3. The summed E-state index contributed by atoms with van der Waals surface area (Å²) in [5.41, 5.74) is 0.0569. The number of rotatable bonds is 3. The molecular weight excluding hydrogens is 331 g/mol. The van der Waals surface area contributed by atoms with Crippen molar-refractivity contribution in [1.29, 1.82) is 0 Å². The average Bonchev–Trinajstić information content (AvgIpc) is 2.71. The molecule has 2 rings (SSSR count). The van der Waals surface area contributed by atoms with Gasteiger partial charge in [0.25, 0.3) is 0 Å². The van der Waals surface area contributed by atoms with E-state index in [9.17, 15) is 17.6 Å². The van der Waals surface area contributed by atoms with E-state index in [0.29, 0.717) is 13.1 Å². The Morgan fingerprint density at radius 3 is 2.36 bits per heavy atom. The minimum absolute atomic E-state index is 0.00926. The molecular formula is C14H18ClFN2O3S. The Kier molecular flexibility index (Phi) is 5.41. The molecule has 1 fully saturated rings. The minimum atomic E-state index is -3.92. The zero-order valence-electron chi connectivity index (χ0n) is 12.2. The van der Waals surface area contributed by atoms with Crippen LogP contribution in [0, 0.1) is 5.82 Å². The van der Waals surface area contributed by atoms with E-state index >= 15 is 0 Å². The quantitative estimate of drug-likeness (QED) is 0.913. The number of carbonyl (C=O) groups excluding carboxylic acids is 1. The van der Waals surface area contributed by atoms with Crippen molar-refractivity contribution in [3.8, 4) is 0 Å². The molecule has 1 N–H and O–H groups in total. The molecule has 0 aliphatic carbocycles. The molecule has 1 aliphatic rings. The molecule has 0 atom stereocenters. The van der Waals surface area contributed by atoms with E-state index in [-0.39, 0.29) is 10.7 Å². The van der Waals surface area contributed by atoms with Gasteiger partial charge in [-0.3, -0.25) is 4.79 Å². The largest absolute Gasteiger partial charge is 0.325 e. The maximum absolute atomic E-state index is 14.2. The highest BCUT2D eigenvalue weighted by Crippen LogP contribution is 2.30. The summed E-state index contributed by atoms with van der Waals surface area (Å²) in [5.74, 6) is -1.33. The molecule has 0 aromatic heterocycles. The van der Waals surface area contributed by atoms with E-state index < -0.39 is 26.6 Å². The van der Waals surface area contributed by atoms with Crippen molar-refractivity contribution in [2.45, 2.75) is 37.5 Å². The molecule has 1 aromatic carbocycles. The fourth-order valence-corrected chi connectivity index (χ4v) is 4.30. The number of hydrogen-bond acceptors (Lipinski definition) is 3. The molecule has 0 bridgehead atoms. The topological polar surface area (TPSA) is 66.5 Å². The monoisotopic (exact) mass is 348 g/mol. The van der Waals surface area contributed by atoms with E-state index in [1.54, 1.807) is 0 Å². The molecule has 1 saturated heterocycles. The first-order valence-electron chi connectivity index (χ1n) is 7.09. The van der Waals surface area contributed by atoms with Crippen molar-refractivity contribution >= 4 is 33.2 Å². The molecule has 5 nitrogen and oxygen atoms in total. The van der Waals surface area contributed by atoms with E-state index in [2.05, 4.69) is 5.32 Å². The van der Waals surface area contributed by atoms with E-state index in [4.69, 9.17) is 11.6 Å². The predicted octanol–water partition coefficient (Wildman–Crippen LogP) is 3.00. The van der Waals surface area contributed by atoms with Gasteiger partial charge in [-0.25, -0.2) is 12.8 Å². The summed E-state index contributed by atoms with van der Waals surface area (Å²) in [6, 6.07) is 2.00. The van der Waals surface area contributed by atoms with Crippen LogP contribution in [0.3, 0.4) is 0 Å². The Morgan fingerprint density at radius 2 is 1.82 bits per heavy atom. The van der Waals surface area contributed by atoms with Crippen molar-refractivity contribution in [1.82, 2.24) is 4.31 Å². The summed E-state index contributed by atoms with van der Waals surface area (Å²) in [7, 11) is -3.92. The van der Waals surface area contributed by atoms with Crippen LogP contribution in [-0.4, -0.2) is 31.7 Å². The van der Waals surface area contributed by atoms with Gasteiger partial charge >= 0.3 is 0 Å². The van der Waals surface area contributed by atoms with Crippen molar-refractivity contribution in [2.75, 3.05) is 18.4 Å². The van der Waals surface area contributed by atoms with Gasteiger partial charge in [-0.05, 0) is 18.9 Å². The second-order valence-electron chi connectivity index (χ2n) is 5.26. The molecule has 0 radical (unpaired) electrons. The Morgan fingerprint density at radius 1 is 1.23 bits per heavy atom. The Balaban J connectivity index is 2.38.